The first-order valence-corrected chi connectivity index (χ1v) is 7.60. The van der Waals surface area contributed by atoms with Crippen LogP contribution < -0.4 is 5.73 Å². The lowest BCUT2D eigenvalue weighted by molar-refractivity contribution is 0.0139. The van der Waals surface area contributed by atoms with Crippen molar-refractivity contribution in [3.63, 3.8) is 0 Å². The van der Waals surface area contributed by atoms with Gasteiger partial charge in [0.15, 0.2) is 0 Å². The lowest BCUT2D eigenvalue weighted by Gasteiger charge is -2.38. The van der Waals surface area contributed by atoms with Gasteiger partial charge in [-0.2, -0.15) is 0 Å². The molecule has 122 valence electrons. The molecule has 2 N–H and O–H groups in total. The Labute approximate surface area is 134 Å². The van der Waals surface area contributed by atoms with Crippen molar-refractivity contribution in [3.8, 4) is 5.69 Å². The van der Waals surface area contributed by atoms with Crippen LogP contribution in [0.5, 0.6) is 0 Å². The summed E-state index contributed by atoms with van der Waals surface area (Å²) in [6.07, 6.45) is 3.30. The molecule has 0 saturated carbocycles. The van der Waals surface area contributed by atoms with Gasteiger partial charge in [-0.1, -0.05) is 0 Å². The number of nitrogens with two attached hydrogens (primary N) is 1. The van der Waals surface area contributed by atoms with E-state index in [0.29, 0.717) is 18.7 Å². The first-order chi connectivity index (χ1) is 11.2. The van der Waals surface area contributed by atoms with Crippen molar-refractivity contribution in [2.75, 3.05) is 20.2 Å². The number of methoxy groups -OCH3 is 1. The number of amides is 1. The normalized spacial score (nSPS) is 21.4. The van der Waals surface area contributed by atoms with E-state index in [9.17, 15) is 4.79 Å². The third-order valence-corrected chi connectivity index (χ3v) is 4.26. The fourth-order valence-corrected chi connectivity index (χ4v) is 2.92. The number of hydrogen-bond donors (Lipinski definition) is 1. The van der Waals surface area contributed by atoms with E-state index in [1.807, 2.05) is 17.0 Å². The van der Waals surface area contributed by atoms with E-state index in [1.165, 1.54) is 6.33 Å². The van der Waals surface area contributed by atoms with Gasteiger partial charge in [-0.3, -0.25) is 4.79 Å². The van der Waals surface area contributed by atoms with E-state index >= 15 is 0 Å². The Hall–Kier alpha value is -2.32. The van der Waals surface area contributed by atoms with Crippen molar-refractivity contribution in [1.82, 2.24) is 25.1 Å². The summed E-state index contributed by atoms with van der Waals surface area (Å²) in [5, 5.41) is 11.0. The van der Waals surface area contributed by atoms with Crippen molar-refractivity contribution in [1.29, 1.82) is 0 Å². The van der Waals surface area contributed by atoms with E-state index in [0.717, 1.165) is 18.5 Å². The number of carbonyl (C=O) groups is 1. The van der Waals surface area contributed by atoms with Crippen molar-refractivity contribution in [3.05, 3.63) is 36.2 Å². The van der Waals surface area contributed by atoms with Crippen LogP contribution in [0.25, 0.3) is 5.69 Å². The highest BCUT2D eigenvalue weighted by molar-refractivity contribution is 5.94. The highest BCUT2D eigenvalue weighted by Crippen LogP contribution is 2.21. The molecule has 3 rings (SSSR count). The number of hydrogen-bond acceptors (Lipinski definition) is 6. The Bertz CT molecular complexity index is 642. The Balaban J connectivity index is 1.74. The number of benzene rings is 1. The zero-order valence-electron chi connectivity index (χ0n) is 13.0. The Morgan fingerprint density at radius 1 is 1.39 bits per heavy atom. The second kappa shape index (κ2) is 6.84. The summed E-state index contributed by atoms with van der Waals surface area (Å²) >= 11 is 0. The maximum absolute atomic E-state index is 12.7. The Morgan fingerprint density at radius 2 is 2.17 bits per heavy atom. The summed E-state index contributed by atoms with van der Waals surface area (Å²) in [5.74, 6) is -0.00160. The SMILES string of the molecule is COC1CCN(C(=O)c2ccc(-n3cnnn3)cc2)C(CN)C1. The largest absolute Gasteiger partial charge is 0.381 e. The van der Waals surface area contributed by atoms with Crippen LogP contribution >= 0.6 is 0 Å². The molecule has 1 aliphatic rings. The molecule has 2 unspecified atom stereocenters. The average Bonchev–Trinajstić information content (AvgIpc) is 3.15. The van der Waals surface area contributed by atoms with Crippen molar-refractivity contribution >= 4 is 5.91 Å². The molecular formula is C15H20N6O2. The van der Waals surface area contributed by atoms with E-state index in [-0.39, 0.29) is 18.1 Å². The van der Waals surface area contributed by atoms with Crippen LogP contribution in [0.1, 0.15) is 23.2 Å². The maximum Gasteiger partial charge on any atom is 0.254 e. The topological polar surface area (TPSA) is 99.2 Å². The highest BCUT2D eigenvalue weighted by Gasteiger charge is 2.31. The minimum Gasteiger partial charge on any atom is -0.381 e. The van der Waals surface area contributed by atoms with Crippen LogP contribution in [0.15, 0.2) is 30.6 Å². The van der Waals surface area contributed by atoms with Crippen LogP contribution in [-0.4, -0.2) is 63.4 Å². The zero-order chi connectivity index (χ0) is 16.2. The van der Waals surface area contributed by atoms with Gasteiger partial charge in [-0.05, 0) is 47.5 Å². The molecule has 0 radical (unpaired) electrons. The monoisotopic (exact) mass is 316 g/mol. The van der Waals surface area contributed by atoms with Crippen molar-refractivity contribution in [2.45, 2.75) is 25.0 Å². The van der Waals surface area contributed by atoms with E-state index in [2.05, 4.69) is 15.5 Å². The van der Waals surface area contributed by atoms with E-state index in [1.54, 1.807) is 23.9 Å². The number of ether oxygens (including phenoxy) is 1. The van der Waals surface area contributed by atoms with Crippen LogP contribution in [0.2, 0.25) is 0 Å². The minimum atomic E-state index is -0.00160. The number of carbonyl (C=O) groups excluding carboxylic acids is 1. The molecule has 1 saturated heterocycles. The summed E-state index contributed by atoms with van der Waals surface area (Å²) in [5.41, 5.74) is 7.28. The van der Waals surface area contributed by atoms with E-state index in [4.69, 9.17) is 10.5 Å². The molecule has 8 heteroatoms. The van der Waals surface area contributed by atoms with Gasteiger partial charge in [-0.25, -0.2) is 4.68 Å². The summed E-state index contributed by atoms with van der Waals surface area (Å²) in [6.45, 7) is 1.10. The van der Waals surface area contributed by atoms with Gasteiger partial charge in [0.1, 0.15) is 6.33 Å². The van der Waals surface area contributed by atoms with Gasteiger partial charge in [-0.15, -0.1) is 5.10 Å². The van der Waals surface area contributed by atoms with Crippen LogP contribution in [0.4, 0.5) is 0 Å². The van der Waals surface area contributed by atoms with Crippen LogP contribution in [0, 0.1) is 0 Å². The van der Waals surface area contributed by atoms with Gasteiger partial charge < -0.3 is 15.4 Å². The van der Waals surface area contributed by atoms with Crippen molar-refractivity contribution < 1.29 is 9.53 Å². The lowest BCUT2D eigenvalue weighted by atomic mass is 9.98. The molecule has 0 bridgehead atoms. The molecule has 2 aromatic rings. The van der Waals surface area contributed by atoms with Gasteiger partial charge in [0.2, 0.25) is 0 Å². The number of nitrogens with zero attached hydrogens (tertiary/aromatic N) is 5. The smallest absolute Gasteiger partial charge is 0.254 e. The molecule has 1 aliphatic heterocycles. The summed E-state index contributed by atoms with van der Waals surface area (Å²) in [6, 6.07) is 7.23. The predicted molar refractivity (Wildman–Crippen MR) is 83.1 cm³/mol. The van der Waals surface area contributed by atoms with Crippen LogP contribution in [-0.2, 0) is 4.74 Å². The van der Waals surface area contributed by atoms with Gasteiger partial charge in [0.25, 0.3) is 5.91 Å². The molecule has 1 aromatic heterocycles. The molecule has 0 aliphatic carbocycles. The first kappa shape index (κ1) is 15.6. The fraction of sp³-hybridized carbons (Fsp3) is 0.467. The number of aromatic nitrogens is 4. The number of rotatable bonds is 4. The molecular weight excluding hydrogens is 296 g/mol. The summed E-state index contributed by atoms with van der Waals surface area (Å²) < 4.78 is 6.94. The van der Waals surface area contributed by atoms with Crippen LogP contribution in [0.3, 0.4) is 0 Å². The quantitative estimate of drug-likeness (QED) is 0.867. The molecule has 1 aromatic carbocycles. The lowest BCUT2D eigenvalue weighted by Crippen LogP contribution is -2.51. The Morgan fingerprint density at radius 3 is 2.78 bits per heavy atom. The molecule has 8 nitrogen and oxygen atoms in total. The van der Waals surface area contributed by atoms with Gasteiger partial charge in [0, 0.05) is 31.8 Å². The first-order valence-electron chi connectivity index (χ1n) is 7.60. The van der Waals surface area contributed by atoms with E-state index < -0.39 is 0 Å². The molecule has 2 atom stereocenters. The maximum atomic E-state index is 12.7. The predicted octanol–water partition coefficient (Wildman–Crippen LogP) is 0.241. The summed E-state index contributed by atoms with van der Waals surface area (Å²) in [7, 11) is 1.70. The molecule has 1 fully saturated rings. The van der Waals surface area contributed by atoms with Gasteiger partial charge >= 0.3 is 0 Å². The molecule has 2 heterocycles. The molecule has 1 amide bonds. The number of tetrazole rings is 1. The second-order valence-corrected chi connectivity index (χ2v) is 5.57. The molecule has 23 heavy (non-hydrogen) atoms. The average molecular weight is 316 g/mol. The summed E-state index contributed by atoms with van der Waals surface area (Å²) in [4.78, 5) is 14.6. The number of likely N-dealkylation sites (tertiary alicyclic amines) is 1. The Kier molecular flexibility index (Phi) is 4.63. The third kappa shape index (κ3) is 3.22. The molecule has 0 spiro atoms. The zero-order valence-corrected chi connectivity index (χ0v) is 13.0. The van der Waals surface area contributed by atoms with Crippen molar-refractivity contribution in [2.24, 2.45) is 5.73 Å². The number of piperidine rings is 1. The second-order valence-electron chi connectivity index (χ2n) is 5.57. The fourth-order valence-electron chi connectivity index (χ4n) is 2.92. The third-order valence-electron chi connectivity index (χ3n) is 4.26. The highest BCUT2D eigenvalue weighted by atomic mass is 16.5. The van der Waals surface area contributed by atoms with Gasteiger partial charge in [0.05, 0.1) is 11.8 Å². The standard InChI is InChI=1S/C15H20N6O2/c1-23-14-6-7-20(13(8-14)9-16)15(22)11-2-4-12(5-3-11)21-10-17-18-19-21/h2-5,10,13-14H,6-9,16H2,1H3. The minimum absolute atomic E-state index is 0.00160.